The van der Waals surface area contributed by atoms with Gasteiger partial charge in [-0.15, -0.1) is 0 Å². The molecule has 0 aromatic carbocycles. The second-order valence-electron chi connectivity index (χ2n) is 4.92. The van der Waals surface area contributed by atoms with E-state index in [2.05, 4.69) is 0 Å². The normalized spacial score (nSPS) is 16.6. The van der Waals surface area contributed by atoms with Gasteiger partial charge in [0, 0.05) is 5.41 Å². The minimum Gasteiger partial charge on any atom is -0.396 e. The van der Waals surface area contributed by atoms with E-state index in [1.807, 2.05) is 34.6 Å². The molecule has 0 amide bonds. The van der Waals surface area contributed by atoms with Gasteiger partial charge in [0.25, 0.3) is 0 Å². The van der Waals surface area contributed by atoms with E-state index in [1.165, 1.54) is 0 Å². The van der Waals surface area contributed by atoms with Crippen LogP contribution in [0.25, 0.3) is 0 Å². The highest BCUT2D eigenvalue weighted by Gasteiger charge is 2.35. The Morgan fingerprint density at radius 2 is 1.45 bits per heavy atom. The first-order chi connectivity index (χ1) is 4.72. The van der Waals surface area contributed by atoms with Crippen molar-refractivity contribution < 1.29 is 10.2 Å². The number of aliphatic hydroxyl groups excluding tert-OH is 2. The number of rotatable bonds is 2. The van der Waals surface area contributed by atoms with Crippen molar-refractivity contribution in [1.29, 1.82) is 0 Å². The van der Waals surface area contributed by atoms with E-state index in [9.17, 15) is 5.11 Å². The van der Waals surface area contributed by atoms with E-state index in [0.29, 0.717) is 0 Å². The Morgan fingerprint density at radius 3 is 1.55 bits per heavy atom. The van der Waals surface area contributed by atoms with Crippen LogP contribution in [0.5, 0.6) is 0 Å². The molecule has 0 heterocycles. The molecule has 0 bridgehead atoms. The van der Waals surface area contributed by atoms with Gasteiger partial charge in [-0.05, 0) is 5.41 Å². The predicted molar refractivity (Wildman–Crippen MR) is 46.3 cm³/mol. The highest BCUT2D eigenvalue weighted by atomic mass is 16.3. The maximum Gasteiger partial charge on any atom is 0.0661 e. The van der Waals surface area contributed by atoms with Gasteiger partial charge < -0.3 is 10.2 Å². The zero-order valence-electron chi connectivity index (χ0n) is 8.18. The lowest BCUT2D eigenvalue weighted by atomic mass is 9.73. The van der Waals surface area contributed by atoms with Gasteiger partial charge in [0.1, 0.15) is 0 Å². The first kappa shape index (κ1) is 10.9. The fourth-order valence-electron chi connectivity index (χ4n) is 1.26. The van der Waals surface area contributed by atoms with Crippen molar-refractivity contribution in [3.63, 3.8) is 0 Å². The van der Waals surface area contributed by atoms with Crippen molar-refractivity contribution in [1.82, 2.24) is 0 Å². The average Bonchev–Trinajstić information content (AvgIpc) is 1.84. The Bertz CT molecular complexity index is 122. The fourth-order valence-corrected chi connectivity index (χ4v) is 1.26. The van der Waals surface area contributed by atoms with Crippen molar-refractivity contribution in [2.75, 3.05) is 6.61 Å². The Hall–Kier alpha value is -0.0800. The maximum atomic E-state index is 9.75. The van der Waals surface area contributed by atoms with Crippen LogP contribution < -0.4 is 0 Å². The second kappa shape index (κ2) is 3.11. The van der Waals surface area contributed by atoms with Crippen LogP contribution in [0.2, 0.25) is 0 Å². The third kappa shape index (κ3) is 2.80. The second-order valence-corrected chi connectivity index (χ2v) is 4.92. The molecule has 68 valence electrons. The number of aliphatic hydroxyl groups is 2. The molecule has 2 N–H and O–H groups in total. The standard InChI is InChI=1S/C9H20O2/c1-8(2,3)7(11)9(4,5)6-10/h7,10-11H,6H2,1-5H3/t7-/m0/s1. The Morgan fingerprint density at radius 1 is 1.09 bits per heavy atom. The van der Waals surface area contributed by atoms with Crippen LogP contribution in [-0.2, 0) is 0 Å². The minimum absolute atomic E-state index is 0.0193. The molecular weight excluding hydrogens is 140 g/mol. The van der Waals surface area contributed by atoms with E-state index in [-0.39, 0.29) is 12.0 Å². The monoisotopic (exact) mass is 160 g/mol. The van der Waals surface area contributed by atoms with E-state index < -0.39 is 11.5 Å². The van der Waals surface area contributed by atoms with Gasteiger partial charge in [-0.2, -0.15) is 0 Å². The van der Waals surface area contributed by atoms with Gasteiger partial charge in [-0.1, -0.05) is 34.6 Å². The summed E-state index contributed by atoms with van der Waals surface area (Å²) in [6, 6.07) is 0. The fraction of sp³-hybridized carbons (Fsp3) is 1.00. The zero-order valence-corrected chi connectivity index (χ0v) is 8.18. The molecule has 0 aliphatic carbocycles. The molecule has 0 fully saturated rings. The largest absolute Gasteiger partial charge is 0.396 e. The third-order valence-electron chi connectivity index (χ3n) is 1.97. The lowest BCUT2D eigenvalue weighted by molar-refractivity contribution is -0.0571. The van der Waals surface area contributed by atoms with Crippen LogP contribution in [0.15, 0.2) is 0 Å². The quantitative estimate of drug-likeness (QED) is 0.641. The SMILES string of the molecule is CC(C)(C)[C@H](O)C(C)(C)CO. The predicted octanol–water partition coefficient (Wildman–Crippen LogP) is 1.41. The summed E-state index contributed by atoms with van der Waals surface area (Å²) in [6.07, 6.45) is -0.472. The highest BCUT2D eigenvalue weighted by Crippen LogP contribution is 2.32. The maximum absolute atomic E-state index is 9.75. The van der Waals surface area contributed by atoms with Gasteiger partial charge in [0.05, 0.1) is 12.7 Å². The average molecular weight is 160 g/mol. The van der Waals surface area contributed by atoms with Crippen molar-refractivity contribution in [2.45, 2.75) is 40.7 Å². The molecule has 0 saturated carbocycles. The molecular formula is C9H20O2. The summed E-state index contributed by atoms with van der Waals surface area (Å²) in [4.78, 5) is 0. The molecule has 0 aromatic rings. The van der Waals surface area contributed by atoms with E-state index in [0.717, 1.165) is 0 Å². The zero-order chi connectivity index (χ0) is 9.28. The summed E-state index contributed by atoms with van der Waals surface area (Å²) in [5.74, 6) is 0. The lowest BCUT2D eigenvalue weighted by Crippen LogP contribution is -2.42. The van der Waals surface area contributed by atoms with Gasteiger partial charge in [-0.3, -0.25) is 0 Å². The topological polar surface area (TPSA) is 40.5 Å². The molecule has 0 aliphatic rings. The Balaban J connectivity index is 4.35. The lowest BCUT2D eigenvalue weighted by Gasteiger charge is -2.37. The van der Waals surface area contributed by atoms with Gasteiger partial charge in [0.15, 0.2) is 0 Å². The first-order valence-corrected chi connectivity index (χ1v) is 4.01. The van der Waals surface area contributed by atoms with E-state index in [1.54, 1.807) is 0 Å². The number of hydrogen-bond acceptors (Lipinski definition) is 2. The molecule has 0 aromatic heterocycles. The molecule has 0 saturated heterocycles. The van der Waals surface area contributed by atoms with E-state index >= 15 is 0 Å². The number of hydrogen-bond donors (Lipinski definition) is 2. The smallest absolute Gasteiger partial charge is 0.0661 e. The van der Waals surface area contributed by atoms with Crippen molar-refractivity contribution in [3.05, 3.63) is 0 Å². The van der Waals surface area contributed by atoms with Crippen LogP contribution in [-0.4, -0.2) is 22.9 Å². The van der Waals surface area contributed by atoms with Crippen LogP contribution in [0.4, 0.5) is 0 Å². The van der Waals surface area contributed by atoms with Gasteiger partial charge in [0.2, 0.25) is 0 Å². The van der Waals surface area contributed by atoms with Gasteiger partial charge >= 0.3 is 0 Å². The first-order valence-electron chi connectivity index (χ1n) is 4.01. The highest BCUT2D eigenvalue weighted by molar-refractivity contribution is 4.85. The molecule has 0 aliphatic heterocycles. The van der Waals surface area contributed by atoms with Gasteiger partial charge in [-0.25, -0.2) is 0 Å². The van der Waals surface area contributed by atoms with Crippen LogP contribution in [0, 0.1) is 10.8 Å². The molecule has 2 heteroatoms. The molecule has 0 spiro atoms. The Labute approximate surface area is 69.2 Å². The van der Waals surface area contributed by atoms with E-state index in [4.69, 9.17) is 5.11 Å². The molecule has 0 radical (unpaired) electrons. The molecule has 11 heavy (non-hydrogen) atoms. The Kier molecular flexibility index (Phi) is 3.09. The summed E-state index contributed by atoms with van der Waals surface area (Å²) in [6.45, 7) is 9.65. The summed E-state index contributed by atoms with van der Waals surface area (Å²) < 4.78 is 0. The van der Waals surface area contributed by atoms with Crippen molar-refractivity contribution >= 4 is 0 Å². The summed E-state index contributed by atoms with van der Waals surface area (Å²) in [7, 11) is 0. The van der Waals surface area contributed by atoms with Crippen molar-refractivity contribution in [3.8, 4) is 0 Å². The summed E-state index contributed by atoms with van der Waals surface area (Å²) in [5.41, 5.74) is -0.565. The molecule has 2 nitrogen and oxygen atoms in total. The summed E-state index contributed by atoms with van der Waals surface area (Å²) in [5, 5.41) is 18.7. The minimum atomic E-state index is -0.472. The third-order valence-corrected chi connectivity index (χ3v) is 1.97. The summed E-state index contributed by atoms with van der Waals surface area (Å²) >= 11 is 0. The molecule has 0 rings (SSSR count). The van der Waals surface area contributed by atoms with Crippen LogP contribution in [0.3, 0.4) is 0 Å². The van der Waals surface area contributed by atoms with Crippen LogP contribution in [0.1, 0.15) is 34.6 Å². The van der Waals surface area contributed by atoms with Crippen LogP contribution >= 0.6 is 0 Å². The molecule has 0 unspecified atom stereocenters. The van der Waals surface area contributed by atoms with Crippen molar-refractivity contribution in [2.24, 2.45) is 10.8 Å². The molecule has 1 atom stereocenters.